The number of phenols is 1. The summed E-state index contributed by atoms with van der Waals surface area (Å²) in [6.45, 7) is 0.287. The minimum absolute atomic E-state index is 0.0388. The van der Waals surface area contributed by atoms with Gasteiger partial charge in [0.1, 0.15) is 11.5 Å². The number of likely N-dealkylation sites (tertiary alicyclic amines) is 1. The van der Waals surface area contributed by atoms with Crippen molar-refractivity contribution in [2.24, 2.45) is 0 Å². The minimum Gasteiger partial charge on any atom is -0.508 e. The second kappa shape index (κ2) is 8.83. The van der Waals surface area contributed by atoms with Gasteiger partial charge in [-0.15, -0.1) is 0 Å². The van der Waals surface area contributed by atoms with Crippen LogP contribution in [-0.2, 0) is 16.0 Å². The molecule has 0 unspecified atom stereocenters. The summed E-state index contributed by atoms with van der Waals surface area (Å²) in [7, 11) is 0. The Bertz CT molecular complexity index is 1420. The number of hydrogen-bond acceptors (Lipinski definition) is 4. The van der Waals surface area contributed by atoms with E-state index in [1.54, 1.807) is 36.4 Å². The first-order chi connectivity index (χ1) is 16.4. The predicted molar refractivity (Wildman–Crippen MR) is 133 cm³/mol. The van der Waals surface area contributed by atoms with Gasteiger partial charge in [-0.3, -0.25) is 9.59 Å². The molecule has 1 saturated heterocycles. The molecule has 1 aliphatic heterocycles. The van der Waals surface area contributed by atoms with Crippen LogP contribution in [0.25, 0.3) is 16.7 Å². The zero-order valence-electron chi connectivity index (χ0n) is 18.0. The molecule has 0 bridgehead atoms. The molecule has 4 aromatic rings. The first-order valence-electron chi connectivity index (χ1n) is 10.8. The zero-order valence-corrected chi connectivity index (χ0v) is 19.6. The van der Waals surface area contributed by atoms with Gasteiger partial charge in [0.2, 0.25) is 0 Å². The number of carbonyl (C=O) groups is 2. The van der Waals surface area contributed by atoms with E-state index in [-0.39, 0.29) is 23.6 Å². The normalized spacial score (nSPS) is 17.6. The lowest BCUT2D eigenvalue weighted by molar-refractivity contribution is -0.139. The average Bonchev–Trinajstić information content (AvgIpc) is 3.37. The number of ketones is 1. The lowest BCUT2D eigenvalue weighted by Crippen LogP contribution is -2.31. The summed E-state index contributed by atoms with van der Waals surface area (Å²) in [4.78, 5) is 31.0. The topological polar surface area (TPSA) is 93.6 Å². The lowest BCUT2D eigenvalue weighted by Gasteiger charge is -2.25. The van der Waals surface area contributed by atoms with Gasteiger partial charge >= 0.3 is 0 Å². The third-order valence-corrected chi connectivity index (χ3v) is 6.69. The van der Waals surface area contributed by atoms with E-state index < -0.39 is 17.7 Å². The van der Waals surface area contributed by atoms with Crippen LogP contribution in [0.3, 0.4) is 0 Å². The maximum atomic E-state index is 13.1. The minimum atomic E-state index is -0.769. The van der Waals surface area contributed by atoms with Crippen LogP contribution >= 0.6 is 15.9 Å². The molecule has 1 aromatic heterocycles. The van der Waals surface area contributed by atoms with Crippen molar-refractivity contribution < 1.29 is 19.8 Å². The van der Waals surface area contributed by atoms with Crippen molar-refractivity contribution in [1.82, 2.24) is 9.88 Å². The average molecular weight is 517 g/mol. The number of benzene rings is 3. The molecule has 6 nitrogen and oxygen atoms in total. The molecule has 3 N–H and O–H groups in total. The van der Waals surface area contributed by atoms with Crippen molar-refractivity contribution in [3.05, 3.63) is 106 Å². The van der Waals surface area contributed by atoms with Crippen LogP contribution in [0.4, 0.5) is 0 Å². The fraction of sp³-hybridized carbons (Fsp3) is 0.111. The number of aromatic hydroxyl groups is 1. The number of para-hydroxylation sites is 1. The molecule has 1 amide bonds. The predicted octanol–water partition coefficient (Wildman–Crippen LogP) is 5.30. The van der Waals surface area contributed by atoms with E-state index >= 15 is 0 Å². The second-order valence-corrected chi connectivity index (χ2v) is 9.12. The number of fused-ring (bicyclic) bond motifs is 1. The van der Waals surface area contributed by atoms with Crippen LogP contribution in [0.15, 0.2) is 89.0 Å². The number of nitrogens with one attached hydrogen (secondary N) is 1. The van der Waals surface area contributed by atoms with Crippen LogP contribution in [0, 0.1) is 0 Å². The Hall–Kier alpha value is -3.84. The van der Waals surface area contributed by atoms with Gasteiger partial charge in [0.05, 0.1) is 11.6 Å². The Morgan fingerprint density at radius 2 is 1.68 bits per heavy atom. The fourth-order valence-corrected chi connectivity index (χ4v) is 4.72. The molecule has 0 saturated carbocycles. The number of carbonyl (C=O) groups excluding carboxylic acids is 2. The summed E-state index contributed by atoms with van der Waals surface area (Å²) >= 11 is 3.37. The lowest BCUT2D eigenvalue weighted by atomic mass is 9.95. The molecule has 7 heteroatoms. The Morgan fingerprint density at radius 3 is 2.41 bits per heavy atom. The smallest absolute Gasteiger partial charge is 0.295 e. The van der Waals surface area contributed by atoms with Crippen molar-refractivity contribution in [2.75, 3.05) is 6.54 Å². The third kappa shape index (κ3) is 3.88. The van der Waals surface area contributed by atoms with Gasteiger partial charge in [-0.25, -0.2) is 0 Å². The first kappa shape index (κ1) is 22.0. The molecule has 170 valence electrons. The number of phenolic OH excluding ortho intramolecular Hbond substituents is 1. The van der Waals surface area contributed by atoms with Crippen molar-refractivity contribution >= 4 is 44.3 Å². The molecule has 0 aliphatic carbocycles. The number of aromatic amines is 1. The van der Waals surface area contributed by atoms with Crippen LogP contribution in [-0.4, -0.2) is 38.3 Å². The number of rotatable bonds is 5. The van der Waals surface area contributed by atoms with Crippen molar-refractivity contribution in [3.63, 3.8) is 0 Å². The molecule has 5 rings (SSSR count). The maximum absolute atomic E-state index is 13.1. The van der Waals surface area contributed by atoms with Crippen LogP contribution in [0.1, 0.15) is 22.7 Å². The fourth-order valence-electron chi connectivity index (χ4n) is 4.46. The van der Waals surface area contributed by atoms with E-state index in [0.29, 0.717) is 17.5 Å². The van der Waals surface area contributed by atoms with Crippen molar-refractivity contribution in [1.29, 1.82) is 0 Å². The summed E-state index contributed by atoms with van der Waals surface area (Å²) < 4.78 is 0.832. The van der Waals surface area contributed by atoms with E-state index in [9.17, 15) is 19.8 Å². The maximum Gasteiger partial charge on any atom is 0.295 e. The van der Waals surface area contributed by atoms with Crippen molar-refractivity contribution in [2.45, 2.75) is 12.5 Å². The quantitative estimate of drug-likeness (QED) is 0.190. The highest BCUT2D eigenvalue weighted by Crippen LogP contribution is 2.40. The highest BCUT2D eigenvalue weighted by molar-refractivity contribution is 9.10. The van der Waals surface area contributed by atoms with Gasteiger partial charge in [0.15, 0.2) is 0 Å². The number of nitrogens with zero attached hydrogens (tertiary/aromatic N) is 1. The van der Waals surface area contributed by atoms with Gasteiger partial charge in [0.25, 0.3) is 11.7 Å². The summed E-state index contributed by atoms with van der Waals surface area (Å²) in [5, 5.41) is 21.9. The zero-order chi connectivity index (χ0) is 23.8. The first-order valence-corrected chi connectivity index (χ1v) is 11.6. The van der Waals surface area contributed by atoms with Gasteiger partial charge in [-0.05, 0) is 47.9 Å². The summed E-state index contributed by atoms with van der Waals surface area (Å²) in [5.41, 5.74) is 3.16. The molecule has 1 aliphatic rings. The largest absolute Gasteiger partial charge is 0.508 e. The number of hydrogen-bond donors (Lipinski definition) is 3. The van der Waals surface area contributed by atoms with Gasteiger partial charge < -0.3 is 20.1 Å². The van der Waals surface area contributed by atoms with E-state index in [1.807, 2.05) is 30.5 Å². The van der Waals surface area contributed by atoms with Gasteiger partial charge in [-0.1, -0.05) is 58.4 Å². The Kier molecular flexibility index (Phi) is 5.71. The molecular weight excluding hydrogens is 496 g/mol. The van der Waals surface area contributed by atoms with E-state index in [2.05, 4.69) is 20.9 Å². The molecule has 2 heterocycles. The molecular formula is C27H21BrN2O4. The van der Waals surface area contributed by atoms with Crippen LogP contribution in [0.2, 0.25) is 0 Å². The summed E-state index contributed by atoms with van der Waals surface area (Å²) in [5.74, 6) is -1.53. The summed E-state index contributed by atoms with van der Waals surface area (Å²) in [6.07, 6.45) is 2.45. The third-order valence-electron chi connectivity index (χ3n) is 6.16. The monoisotopic (exact) mass is 516 g/mol. The number of aliphatic hydroxyl groups excluding tert-OH is 1. The number of H-pyrrole nitrogens is 1. The van der Waals surface area contributed by atoms with Gasteiger partial charge in [-0.2, -0.15) is 0 Å². The van der Waals surface area contributed by atoms with Crippen molar-refractivity contribution in [3.8, 4) is 5.75 Å². The molecule has 1 fully saturated rings. The highest BCUT2D eigenvalue weighted by atomic mass is 79.9. The SMILES string of the molecule is O=C1C(=O)N(CCc2c[nH]c3ccccc23)[C@@H](c2ccc(O)cc2)C1=C(O)c1ccc(Br)cc1. The summed E-state index contributed by atoms with van der Waals surface area (Å²) in [6, 6.07) is 20.4. The number of aromatic nitrogens is 1. The van der Waals surface area contributed by atoms with E-state index in [4.69, 9.17) is 0 Å². The molecule has 0 spiro atoms. The Morgan fingerprint density at radius 1 is 0.971 bits per heavy atom. The van der Waals surface area contributed by atoms with E-state index in [1.165, 1.54) is 17.0 Å². The van der Waals surface area contributed by atoms with Crippen LogP contribution < -0.4 is 0 Å². The molecule has 0 radical (unpaired) electrons. The number of amides is 1. The Labute approximate surface area is 204 Å². The number of aliphatic hydroxyl groups is 1. The second-order valence-electron chi connectivity index (χ2n) is 8.20. The number of halogens is 1. The van der Waals surface area contributed by atoms with E-state index in [0.717, 1.165) is 20.9 Å². The molecule has 34 heavy (non-hydrogen) atoms. The number of Topliss-reactive ketones (excluding diaryl/α,β-unsaturated/α-hetero) is 1. The Balaban J connectivity index is 1.56. The molecule has 1 atom stereocenters. The standard InChI is InChI=1S/C27H21BrN2O4/c28-19-9-5-17(6-10-19)25(32)23-24(16-7-11-20(31)12-8-16)30(27(34)26(23)33)14-13-18-15-29-22-4-2-1-3-21(18)22/h1-12,15,24,29,31-32H,13-14H2/t24-/m0/s1. The highest BCUT2D eigenvalue weighted by Gasteiger charge is 2.45. The van der Waals surface area contributed by atoms with Crippen LogP contribution in [0.5, 0.6) is 5.75 Å². The van der Waals surface area contributed by atoms with Gasteiger partial charge in [0, 0.05) is 33.7 Å². The molecule has 3 aromatic carbocycles.